The van der Waals surface area contributed by atoms with Crippen LogP contribution in [0, 0.1) is 11.8 Å². The second-order valence-corrected chi connectivity index (χ2v) is 3.87. The van der Waals surface area contributed by atoms with Gasteiger partial charge in [0.2, 0.25) is 0 Å². The maximum Gasteiger partial charge on any atom is 0.306 e. The highest BCUT2D eigenvalue weighted by Crippen LogP contribution is 2.37. The lowest BCUT2D eigenvalue weighted by molar-refractivity contribution is -0.148. The molecule has 1 aliphatic heterocycles. The van der Waals surface area contributed by atoms with Crippen molar-refractivity contribution in [1.82, 2.24) is 0 Å². The van der Waals surface area contributed by atoms with E-state index in [0.717, 1.165) is 18.8 Å². The molecule has 2 nitrogen and oxygen atoms in total. The molecule has 2 rings (SSSR count). The third kappa shape index (κ3) is 1.26. The van der Waals surface area contributed by atoms with Gasteiger partial charge in [-0.1, -0.05) is 6.92 Å². The van der Waals surface area contributed by atoms with Crippen LogP contribution in [0.2, 0.25) is 0 Å². The first-order valence-electron chi connectivity index (χ1n) is 4.45. The van der Waals surface area contributed by atoms with Crippen molar-refractivity contribution >= 4 is 5.97 Å². The monoisotopic (exact) mass is 154 g/mol. The predicted molar refractivity (Wildman–Crippen MR) is 41.0 cm³/mol. The molecule has 1 aliphatic carbocycles. The molecule has 2 bridgehead atoms. The van der Waals surface area contributed by atoms with Gasteiger partial charge in [-0.15, -0.1) is 0 Å². The van der Waals surface area contributed by atoms with Crippen molar-refractivity contribution in [3.8, 4) is 0 Å². The Morgan fingerprint density at radius 3 is 3.09 bits per heavy atom. The highest BCUT2D eigenvalue weighted by molar-refractivity contribution is 5.70. The molecule has 1 heterocycles. The van der Waals surface area contributed by atoms with E-state index in [1.165, 1.54) is 6.42 Å². The van der Waals surface area contributed by atoms with Crippen LogP contribution in [0.1, 0.15) is 32.6 Å². The maximum absolute atomic E-state index is 11.1. The first-order chi connectivity index (χ1) is 5.25. The summed E-state index contributed by atoms with van der Waals surface area (Å²) in [5.41, 5.74) is 0. The highest BCUT2D eigenvalue weighted by Gasteiger charge is 2.35. The molecule has 0 aromatic carbocycles. The zero-order valence-electron chi connectivity index (χ0n) is 6.88. The fourth-order valence-electron chi connectivity index (χ4n) is 2.26. The Kier molecular flexibility index (Phi) is 1.63. The molecule has 3 atom stereocenters. The minimum absolute atomic E-state index is 0.0182. The van der Waals surface area contributed by atoms with Gasteiger partial charge in [0.05, 0.1) is 0 Å². The fourth-order valence-corrected chi connectivity index (χ4v) is 2.26. The minimum Gasteiger partial charge on any atom is -0.462 e. The number of carbonyl (C=O) groups excluding carboxylic acids is 1. The van der Waals surface area contributed by atoms with Crippen LogP contribution < -0.4 is 0 Å². The Morgan fingerprint density at radius 1 is 1.45 bits per heavy atom. The molecule has 2 heteroatoms. The highest BCUT2D eigenvalue weighted by atomic mass is 16.5. The summed E-state index contributed by atoms with van der Waals surface area (Å²) in [5, 5.41) is 0. The van der Waals surface area contributed by atoms with Gasteiger partial charge in [-0.05, 0) is 31.1 Å². The van der Waals surface area contributed by atoms with Crippen LogP contribution in [0.5, 0.6) is 0 Å². The van der Waals surface area contributed by atoms with E-state index in [1.54, 1.807) is 0 Å². The summed E-state index contributed by atoms with van der Waals surface area (Å²) >= 11 is 0. The molecule has 1 saturated carbocycles. The molecule has 0 N–H and O–H groups in total. The molecule has 1 saturated heterocycles. The lowest BCUT2D eigenvalue weighted by Crippen LogP contribution is -2.14. The summed E-state index contributed by atoms with van der Waals surface area (Å²) in [4.78, 5) is 11.1. The molecule has 62 valence electrons. The molecular formula is C9H14O2. The number of esters is 1. The van der Waals surface area contributed by atoms with Gasteiger partial charge in [0, 0.05) is 6.42 Å². The first-order valence-corrected chi connectivity index (χ1v) is 4.45. The van der Waals surface area contributed by atoms with Crippen molar-refractivity contribution in [3.63, 3.8) is 0 Å². The fraction of sp³-hybridized carbons (Fsp3) is 0.889. The van der Waals surface area contributed by atoms with Crippen LogP contribution in [-0.4, -0.2) is 12.1 Å². The summed E-state index contributed by atoms with van der Waals surface area (Å²) in [7, 11) is 0. The van der Waals surface area contributed by atoms with Crippen molar-refractivity contribution in [2.24, 2.45) is 11.8 Å². The standard InChI is InChI=1S/C9H14O2/c1-6-4-9(10)11-8-3-2-7(6)5-8/h6-8H,2-5H2,1H3/t6-,7-,8+/m1/s1. The summed E-state index contributed by atoms with van der Waals surface area (Å²) in [6.07, 6.45) is 4.38. The topological polar surface area (TPSA) is 26.3 Å². The molecule has 0 amide bonds. The van der Waals surface area contributed by atoms with Crippen LogP contribution >= 0.6 is 0 Å². The van der Waals surface area contributed by atoms with Crippen LogP contribution in [0.3, 0.4) is 0 Å². The molecule has 0 spiro atoms. The number of ether oxygens (including phenoxy) is 1. The molecule has 0 unspecified atom stereocenters. The van der Waals surface area contributed by atoms with Gasteiger partial charge in [-0.3, -0.25) is 4.79 Å². The van der Waals surface area contributed by atoms with E-state index in [4.69, 9.17) is 4.74 Å². The van der Waals surface area contributed by atoms with Gasteiger partial charge in [0.15, 0.2) is 0 Å². The Hall–Kier alpha value is -0.530. The minimum atomic E-state index is 0.0182. The van der Waals surface area contributed by atoms with Gasteiger partial charge in [-0.2, -0.15) is 0 Å². The van der Waals surface area contributed by atoms with E-state index in [-0.39, 0.29) is 12.1 Å². The van der Waals surface area contributed by atoms with E-state index < -0.39 is 0 Å². The Morgan fingerprint density at radius 2 is 2.27 bits per heavy atom. The van der Waals surface area contributed by atoms with Crippen molar-refractivity contribution in [2.75, 3.05) is 0 Å². The van der Waals surface area contributed by atoms with Gasteiger partial charge >= 0.3 is 5.97 Å². The quantitative estimate of drug-likeness (QED) is 0.497. The average Bonchev–Trinajstić information content (AvgIpc) is 2.29. The molecule has 0 aromatic heterocycles. The van der Waals surface area contributed by atoms with E-state index >= 15 is 0 Å². The zero-order chi connectivity index (χ0) is 7.84. The maximum atomic E-state index is 11.1. The van der Waals surface area contributed by atoms with E-state index in [0.29, 0.717) is 12.3 Å². The van der Waals surface area contributed by atoms with Gasteiger partial charge < -0.3 is 4.74 Å². The number of rotatable bonds is 0. The first kappa shape index (κ1) is 7.14. The Bertz CT molecular complexity index is 172. The summed E-state index contributed by atoms with van der Waals surface area (Å²) in [5.74, 6) is 1.33. The third-order valence-corrected chi connectivity index (χ3v) is 3.02. The van der Waals surface area contributed by atoms with Gasteiger partial charge in [0.1, 0.15) is 6.10 Å². The normalized spacial score (nSPS) is 43.4. The largest absolute Gasteiger partial charge is 0.462 e. The summed E-state index contributed by atoms with van der Waals surface area (Å²) < 4.78 is 5.23. The van der Waals surface area contributed by atoms with Gasteiger partial charge in [-0.25, -0.2) is 0 Å². The number of carbonyl (C=O) groups is 1. The van der Waals surface area contributed by atoms with Crippen molar-refractivity contribution < 1.29 is 9.53 Å². The number of hydrogen-bond acceptors (Lipinski definition) is 2. The van der Waals surface area contributed by atoms with Gasteiger partial charge in [0.25, 0.3) is 0 Å². The Labute approximate surface area is 66.9 Å². The molecular weight excluding hydrogens is 140 g/mol. The van der Waals surface area contributed by atoms with E-state index in [2.05, 4.69) is 6.92 Å². The van der Waals surface area contributed by atoms with Crippen LogP contribution in [-0.2, 0) is 9.53 Å². The van der Waals surface area contributed by atoms with Crippen LogP contribution in [0.4, 0.5) is 0 Å². The van der Waals surface area contributed by atoms with Crippen LogP contribution in [0.15, 0.2) is 0 Å². The second-order valence-electron chi connectivity index (χ2n) is 3.87. The third-order valence-electron chi connectivity index (χ3n) is 3.02. The lowest BCUT2D eigenvalue weighted by atomic mass is 9.90. The van der Waals surface area contributed by atoms with Crippen LogP contribution in [0.25, 0.3) is 0 Å². The lowest BCUT2D eigenvalue weighted by Gasteiger charge is -2.14. The zero-order valence-corrected chi connectivity index (χ0v) is 6.88. The molecule has 2 aliphatic rings. The second kappa shape index (κ2) is 2.50. The predicted octanol–water partition coefficient (Wildman–Crippen LogP) is 1.74. The Balaban J connectivity index is 2.11. The molecule has 0 aromatic rings. The summed E-state index contributed by atoms with van der Waals surface area (Å²) in [6, 6.07) is 0. The number of fused-ring (bicyclic) bond motifs is 2. The van der Waals surface area contributed by atoms with Crippen molar-refractivity contribution in [2.45, 2.75) is 38.7 Å². The van der Waals surface area contributed by atoms with E-state index in [9.17, 15) is 4.79 Å². The van der Waals surface area contributed by atoms with E-state index in [1.807, 2.05) is 0 Å². The molecule has 11 heavy (non-hydrogen) atoms. The molecule has 0 radical (unpaired) electrons. The SMILES string of the molecule is C[C@@H]1CC(=O)O[C@H]2CC[C@@H]1C2. The smallest absolute Gasteiger partial charge is 0.306 e. The van der Waals surface area contributed by atoms with Crippen molar-refractivity contribution in [3.05, 3.63) is 0 Å². The summed E-state index contributed by atoms with van der Waals surface area (Å²) in [6.45, 7) is 2.17. The molecule has 2 fully saturated rings. The number of hydrogen-bond donors (Lipinski definition) is 0. The van der Waals surface area contributed by atoms with Crippen molar-refractivity contribution in [1.29, 1.82) is 0 Å². The average molecular weight is 154 g/mol.